The highest BCUT2D eigenvalue weighted by molar-refractivity contribution is 7.09. The van der Waals surface area contributed by atoms with Crippen LogP contribution in [-0.4, -0.2) is 67.7 Å². The Morgan fingerprint density at radius 1 is 0.515 bits per heavy atom. The van der Waals surface area contributed by atoms with Crippen molar-refractivity contribution in [2.45, 2.75) is 190 Å². The summed E-state index contributed by atoms with van der Waals surface area (Å²) in [4.78, 5) is 29.1. The van der Waals surface area contributed by atoms with Crippen LogP contribution < -0.4 is 0 Å². The van der Waals surface area contributed by atoms with Gasteiger partial charge in [0.05, 0.1) is 34.5 Å². The van der Waals surface area contributed by atoms with Crippen molar-refractivity contribution in [1.29, 1.82) is 0 Å². The molecule has 0 fully saturated rings. The van der Waals surface area contributed by atoms with Gasteiger partial charge in [0.25, 0.3) is 0 Å². The molecule has 7 rings (SSSR count). The number of hydrogen-bond acceptors (Lipinski definition) is 11. The first-order chi connectivity index (χ1) is 30.2. The van der Waals surface area contributed by atoms with Gasteiger partial charge in [0.1, 0.15) is 5.82 Å². The second-order valence-corrected chi connectivity index (χ2v) is 24.4. The maximum atomic E-state index is 4.25. The Bertz CT molecular complexity index is 1950. The van der Waals surface area contributed by atoms with Crippen molar-refractivity contribution < 1.29 is 4.68 Å². The number of hydrogen-bond donors (Lipinski definition) is 1. The van der Waals surface area contributed by atoms with Gasteiger partial charge in [0, 0.05) is 125 Å². The molecule has 0 atom stereocenters. The van der Waals surface area contributed by atoms with E-state index in [4.69, 9.17) is 0 Å². The van der Waals surface area contributed by atoms with E-state index >= 15 is 0 Å². The summed E-state index contributed by atoms with van der Waals surface area (Å²) < 4.78 is 1.99. The Morgan fingerprint density at radius 2 is 1.11 bits per heavy atom. The molecule has 0 unspecified atom stereocenters. The molecule has 66 heavy (non-hydrogen) atoms. The van der Waals surface area contributed by atoms with Crippen LogP contribution in [0, 0.1) is 0 Å². The van der Waals surface area contributed by atoms with E-state index in [2.05, 4.69) is 213 Å². The number of aromatic nitrogens is 9. The molecule has 0 aliphatic carbocycles. The number of rotatable bonds is 0. The van der Waals surface area contributed by atoms with Gasteiger partial charge in [-0.25, -0.2) is 19.9 Å². The molecule has 6 aromatic heterocycles. The summed E-state index contributed by atoms with van der Waals surface area (Å²) in [5, 5.41) is 16.3. The molecule has 6 aromatic rings. The van der Waals surface area contributed by atoms with Crippen LogP contribution in [0.2, 0.25) is 0 Å². The predicted molar refractivity (Wildman–Crippen MR) is 283 cm³/mol. The average Bonchev–Trinajstić information content (AvgIpc) is 4.07. The van der Waals surface area contributed by atoms with E-state index in [0.29, 0.717) is 0 Å². The predicted octanol–water partition coefficient (Wildman–Crippen LogP) is 13.8. The zero-order chi connectivity index (χ0) is 50.5. The molecule has 0 saturated carbocycles. The van der Waals surface area contributed by atoms with Crippen LogP contribution in [0.15, 0.2) is 101 Å². The average molecular weight is 939 g/mol. The number of aromatic amines is 1. The first kappa shape index (κ1) is 59.1. The van der Waals surface area contributed by atoms with Crippen LogP contribution >= 0.6 is 22.7 Å². The maximum absolute atomic E-state index is 4.25. The lowest BCUT2D eigenvalue weighted by atomic mass is 9.92. The van der Waals surface area contributed by atoms with Gasteiger partial charge in [-0.1, -0.05) is 135 Å². The van der Waals surface area contributed by atoms with E-state index in [1.807, 2.05) is 58.4 Å². The van der Waals surface area contributed by atoms with Crippen molar-refractivity contribution >= 4 is 35.1 Å². The molecular formula is C53H84N11S2+. The molecule has 1 N–H and O–H groups in total. The molecule has 1 aliphatic heterocycles. The van der Waals surface area contributed by atoms with Crippen molar-refractivity contribution in [1.82, 2.24) is 45.1 Å². The lowest BCUT2D eigenvalue weighted by Crippen LogP contribution is -2.27. The van der Waals surface area contributed by atoms with Crippen LogP contribution in [-0.2, 0) is 32.5 Å². The molecule has 362 valence electrons. The van der Waals surface area contributed by atoms with Gasteiger partial charge in [-0.05, 0) is 29.4 Å². The fourth-order valence-electron chi connectivity index (χ4n) is 4.81. The van der Waals surface area contributed by atoms with Crippen molar-refractivity contribution in [2.24, 2.45) is 5.10 Å². The zero-order valence-electron chi connectivity index (χ0n) is 44.4. The molecule has 0 radical (unpaired) electrons. The summed E-state index contributed by atoms with van der Waals surface area (Å²) in [7, 11) is 0. The summed E-state index contributed by atoms with van der Waals surface area (Å²) in [5.74, 6) is 0.898. The lowest BCUT2D eigenvalue weighted by Gasteiger charge is -2.16. The fraction of sp³-hybridized carbons (Fsp3) is 0.547. The van der Waals surface area contributed by atoms with E-state index < -0.39 is 0 Å². The Morgan fingerprint density at radius 3 is 1.36 bits per heavy atom. The molecule has 0 saturated heterocycles. The van der Waals surface area contributed by atoms with Gasteiger partial charge in [-0.15, -0.1) is 22.7 Å². The first-order valence-electron chi connectivity index (χ1n) is 22.6. The summed E-state index contributed by atoms with van der Waals surface area (Å²) in [5.41, 5.74) is 7.62. The van der Waals surface area contributed by atoms with Crippen molar-refractivity contribution in [2.75, 3.05) is 0 Å². The molecule has 0 amide bonds. The van der Waals surface area contributed by atoms with Crippen molar-refractivity contribution in [3.8, 4) is 0 Å². The number of H-pyrrole nitrogens is 1. The monoisotopic (exact) mass is 939 g/mol. The van der Waals surface area contributed by atoms with Crippen LogP contribution in [0.5, 0.6) is 0 Å². The third-order valence-electron chi connectivity index (χ3n) is 8.86. The normalized spacial score (nSPS) is 12.6. The number of pyridine rings is 1. The molecule has 1 aliphatic rings. The Balaban J connectivity index is 0.000000385. The molecular weight excluding hydrogens is 855 g/mol. The van der Waals surface area contributed by atoms with Gasteiger partial charge in [0.2, 0.25) is 0 Å². The molecule has 7 heterocycles. The zero-order valence-corrected chi connectivity index (χ0v) is 46.0. The molecule has 0 bridgehead atoms. The largest absolute Gasteiger partial charge is 0.282 e. The highest BCUT2D eigenvalue weighted by Gasteiger charge is 2.25. The van der Waals surface area contributed by atoms with Crippen LogP contribution in [0.4, 0.5) is 0 Å². The minimum Gasteiger partial charge on any atom is -0.282 e. The summed E-state index contributed by atoms with van der Waals surface area (Å²) >= 11 is 3.37. The smallest absolute Gasteiger partial charge is 0.185 e. The van der Waals surface area contributed by atoms with Gasteiger partial charge in [0.15, 0.2) is 11.8 Å². The minimum absolute atomic E-state index is 0.0707. The number of thiazole rings is 2. The summed E-state index contributed by atoms with van der Waals surface area (Å²) in [6, 6.07) is 9.85. The Kier molecular flexibility index (Phi) is 23.7. The van der Waals surface area contributed by atoms with E-state index in [-0.39, 0.29) is 38.0 Å². The first-order valence-corrected chi connectivity index (χ1v) is 24.5. The maximum Gasteiger partial charge on any atom is 0.185 e. The number of nitrogens with zero attached hydrogens (tertiary/aromatic N) is 10. The van der Waals surface area contributed by atoms with E-state index in [0.717, 1.165) is 23.6 Å². The molecule has 13 heteroatoms. The third-order valence-corrected chi connectivity index (χ3v) is 10.6. The highest BCUT2D eigenvalue weighted by Crippen LogP contribution is 2.24. The number of nitrogens with one attached hydrogen (secondary N) is 1. The van der Waals surface area contributed by atoms with E-state index in [9.17, 15) is 0 Å². The van der Waals surface area contributed by atoms with Crippen LogP contribution in [0.3, 0.4) is 0 Å². The van der Waals surface area contributed by atoms with Gasteiger partial charge < -0.3 is 0 Å². The van der Waals surface area contributed by atoms with Crippen LogP contribution in [0.25, 0.3) is 0 Å². The highest BCUT2D eigenvalue weighted by atomic mass is 32.1. The van der Waals surface area contributed by atoms with E-state index in [1.165, 1.54) is 16.4 Å². The fourth-order valence-corrected chi connectivity index (χ4v) is 6.31. The summed E-state index contributed by atoms with van der Waals surface area (Å²) in [6.45, 7) is 45.1. The lowest BCUT2D eigenvalue weighted by molar-refractivity contribution is -0.595. The second-order valence-electron chi connectivity index (χ2n) is 22.8. The van der Waals surface area contributed by atoms with Crippen LogP contribution in [0.1, 0.15) is 185 Å². The topological polar surface area (TPSA) is 134 Å². The summed E-state index contributed by atoms with van der Waals surface area (Å²) in [6.07, 6.45) is 19.2. The SMILES string of the molecule is CC(C)(C)[N+]1=CCC=N1.CC(C)(C)c1ccccn1.CC(C)(C)c1ccn[nH]1.CC(C)(C)c1cnccn1.CC(C)(C)c1cscn1.CC(C)(C)c1ncccn1.CC(C)(C)c1nccs1. The Hall–Kier alpha value is -4.88. The number of hydrazone groups is 1. The van der Waals surface area contributed by atoms with E-state index in [1.54, 1.807) is 59.9 Å². The minimum atomic E-state index is 0.0707. The van der Waals surface area contributed by atoms with Gasteiger partial charge >= 0.3 is 0 Å². The van der Waals surface area contributed by atoms with Gasteiger partial charge in [-0.2, -0.15) is 5.10 Å². The molecule has 11 nitrogen and oxygen atoms in total. The Labute approximate surface area is 407 Å². The standard InChI is InChI=1S/C9H13N.2C8H12N2.C7H13N2.C7H12N2.2C7H11NS/c1-9(2,3)8-6-4-5-7-10-8;1-8(2,3)7-6-9-4-5-10-7;1-8(2,3)7-9-5-4-6-10-7;1-7(2,3)9-6-4-5-8-9;1-7(2,3)6-4-5-8-9-6;1-7(2,3)6-4-9-5-8-6;1-7(2,3)6-8-4-5-9-6/h4-7H,1-3H3;2*4-6H,1-3H3;5-6H,4H2,1-3H3;4-5H,1-3H3,(H,8,9);2*4-5H,1-3H3/q;;;+1;;;. The molecule has 0 spiro atoms. The van der Waals surface area contributed by atoms with Crippen molar-refractivity contribution in [3.05, 3.63) is 130 Å². The third kappa shape index (κ3) is 25.1. The van der Waals surface area contributed by atoms with Crippen molar-refractivity contribution in [3.63, 3.8) is 0 Å². The quantitative estimate of drug-likeness (QED) is 0.149. The second kappa shape index (κ2) is 26.5. The van der Waals surface area contributed by atoms with Gasteiger partial charge in [-0.3, -0.25) is 20.1 Å². The molecule has 0 aromatic carbocycles.